The predicted octanol–water partition coefficient (Wildman–Crippen LogP) is 4.15. The van der Waals surface area contributed by atoms with Gasteiger partial charge < -0.3 is 4.74 Å². The van der Waals surface area contributed by atoms with Gasteiger partial charge in [0.2, 0.25) is 11.0 Å². The van der Waals surface area contributed by atoms with E-state index in [1.807, 2.05) is 30.5 Å². The number of anilines is 1. The Morgan fingerprint density at radius 2 is 2.28 bits per heavy atom. The zero-order chi connectivity index (χ0) is 20.8. The lowest BCUT2D eigenvalue weighted by molar-refractivity contribution is -0.113. The minimum absolute atomic E-state index is 0.161. The average Bonchev–Trinajstić information content (AvgIpc) is 3.33. The molecule has 3 rings (SSSR count). The third kappa shape index (κ3) is 5.55. The van der Waals surface area contributed by atoms with E-state index in [0.717, 1.165) is 5.56 Å². The molecule has 11 heteroatoms. The van der Waals surface area contributed by atoms with E-state index in [0.29, 0.717) is 33.4 Å². The van der Waals surface area contributed by atoms with E-state index in [1.54, 1.807) is 17.7 Å². The largest absolute Gasteiger partial charge is 0.481 e. The molecule has 1 N–H and O–H groups in total. The number of hydrogen-bond donors (Lipinski definition) is 1. The summed E-state index contributed by atoms with van der Waals surface area (Å²) < 4.78 is 7.88. The molecule has 0 saturated heterocycles. The van der Waals surface area contributed by atoms with Gasteiger partial charge in [0, 0.05) is 6.54 Å². The maximum absolute atomic E-state index is 12.1. The Morgan fingerprint density at radius 1 is 1.45 bits per heavy atom. The lowest BCUT2D eigenvalue weighted by atomic mass is 10.2. The summed E-state index contributed by atoms with van der Waals surface area (Å²) in [6, 6.07) is 5.59. The molecule has 0 spiro atoms. The number of carbonyl (C=O) groups excluding carboxylic acids is 1. The molecule has 1 amide bonds. The van der Waals surface area contributed by atoms with Crippen LogP contribution in [-0.4, -0.2) is 36.6 Å². The predicted molar refractivity (Wildman–Crippen MR) is 115 cm³/mol. The Labute approximate surface area is 181 Å². The molecular weight excluding hydrogens is 432 g/mol. The summed E-state index contributed by atoms with van der Waals surface area (Å²) >= 11 is 8.76. The first kappa shape index (κ1) is 21.3. The van der Waals surface area contributed by atoms with Crippen molar-refractivity contribution in [1.82, 2.24) is 25.0 Å². The second kappa shape index (κ2) is 9.86. The van der Waals surface area contributed by atoms with Gasteiger partial charge in [-0.15, -0.1) is 27.0 Å². The maximum Gasteiger partial charge on any atom is 0.236 e. The number of ether oxygens (including phenoxy) is 1. The summed E-state index contributed by atoms with van der Waals surface area (Å²) in [5.74, 6) is 1.16. The zero-order valence-electron chi connectivity index (χ0n) is 15.8. The van der Waals surface area contributed by atoms with E-state index in [1.165, 1.54) is 23.1 Å². The molecule has 0 radical (unpaired) electrons. The third-order valence-corrected chi connectivity index (χ3v) is 5.64. The maximum atomic E-state index is 12.1. The number of carbonyl (C=O) groups is 1. The molecule has 0 aliphatic heterocycles. The molecule has 2 aromatic heterocycles. The third-order valence-electron chi connectivity index (χ3n) is 3.75. The van der Waals surface area contributed by atoms with Crippen LogP contribution in [0.25, 0.3) is 0 Å². The molecule has 2 heterocycles. The number of allylic oxidation sites excluding steroid dienone is 1. The second-order valence-electron chi connectivity index (χ2n) is 6.01. The number of halogens is 1. The topological polar surface area (TPSA) is 94.8 Å². The summed E-state index contributed by atoms with van der Waals surface area (Å²) in [6.07, 6.45) is 1.34. The van der Waals surface area contributed by atoms with Crippen molar-refractivity contribution in [3.63, 3.8) is 0 Å². The van der Waals surface area contributed by atoms with Crippen molar-refractivity contribution in [1.29, 1.82) is 0 Å². The molecule has 29 heavy (non-hydrogen) atoms. The van der Waals surface area contributed by atoms with Crippen LogP contribution in [0.5, 0.6) is 5.75 Å². The monoisotopic (exact) mass is 450 g/mol. The molecule has 8 nitrogen and oxygen atoms in total. The number of aryl methyl sites for hydroxylation is 1. The number of aromatic nitrogens is 5. The van der Waals surface area contributed by atoms with Crippen LogP contribution in [0.3, 0.4) is 0 Å². The van der Waals surface area contributed by atoms with E-state index >= 15 is 0 Å². The van der Waals surface area contributed by atoms with Crippen LogP contribution in [0.2, 0.25) is 5.02 Å². The van der Waals surface area contributed by atoms with Gasteiger partial charge in [-0.05, 0) is 31.5 Å². The number of hydrogen-bond acceptors (Lipinski definition) is 8. The van der Waals surface area contributed by atoms with Gasteiger partial charge in [-0.2, -0.15) is 0 Å². The van der Waals surface area contributed by atoms with Crippen LogP contribution in [0, 0.1) is 6.92 Å². The molecule has 1 atom stereocenters. The van der Waals surface area contributed by atoms with Gasteiger partial charge in [0.25, 0.3) is 0 Å². The summed E-state index contributed by atoms with van der Waals surface area (Å²) in [6.45, 7) is 8.12. The van der Waals surface area contributed by atoms with Crippen molar-refractivity contribution in [3.05, 3.63) is 52.8 Å². The fourth-order valence-corrected chi connectivity index (χ4v) is 3.84. The second-order valence-corrected chi connectivity index (χ2v) is 8.20. The summed E-state index contributed by atoms with van der Waals surface area (Å²) in [4.78, 5) is 12.1. The number of benzene rings is 1. The van der Waals surface area contributed by atoms with Crippen molar-refractivity contribution in [2.24, 2.45) is 0 Å². The van der Waals surface area contributed by atoms with E-state index < -0.39 is 6.10 Å². The normalized spacial score (nSPS) is 11.8. The number of amides is 1. The molecule has 0 aliphatic rings. The first-order valence-corrected chi connectivity index (χ1v) is 10.9. The van der Waals surface area contributed by atoms with Crippen molar-refractivity contribution >= 4 is 45.7 Å². The highest BCUT2D eigenvalue weighted by atomic mass is 35.5. The fourth-order valence-electron chi connectivity index (χ4n) is 2.47. The SMILES string of the molecule is C=CCn1c(SCC(=O)Nc2nncs2)nnc1[C@@H](C)Oc1cc(C)ccc1Cl. The van der Waals surface area contributed by atoms with Crippen LogP contribution in [-0.2, 0) is 11.3 Å². The number of rotatable bonds is 9. The lowest BCUT2D eigenvalue weighted by Crippen LogP contribution is -2.15. The number of thioether (sulfide) groups is 1. The Bertz CT molecular complexity index is 992. The van der Waals surface area contributed by atoms with Crippen molar-refractivity contribution < 1.29 is 9.53 Å². The molecule has 0 saturated carbocycles. The lowest BCUT2D eigenvalue weighted by Gasteiger charge is -2.17. The molecule has 3 aromatic rings. The Morgan fingerprint density at radius 3 is 3.00 bits per heavy atom. The van der Waals surface area contributed by atoms with E-state index in [9.17, 15) is 4.79 Å². The van der Waals surface area contributed by atoms with Crippen LogP contribution in [0.4, 0.5) is 5.13 Å². The minimum Gasteiger partial charge on any atom is -0.481 e. The van der Waals surface area contributed by atoms with Gasteiger partial charge in [0.05, 0.1) is 10.8 Å². The molecule has 152 valence electrons. The van der Waals surface area contributed by atoms with Crippen LogP contribution in [0.15, 0.2) is 41.5 Å². The fraction of sp³-hybridized carbons (Fsp3) is 0.278. The molecular formula is C18H19ClN6O2S2. The Kier molecular flexibility index (Phi) is 7.24. The van der Waals surface area contributed by atoms with Gasteiger partial charge in [0.1, 0.15) is 11.3 Å². The first-order valence-electron chi connectivity index (χ1n) is 8.63. The number of nitrogens with one attached hydrogen (secondary N) is 1. The number of nitrogens with zero attached hydrogens (tertiary/aromatic N) is 5. The highest BCUT2D eigenvalue weighted by Crippen LogP contribution is 2.30. The van der Waals surface area contributed by atoms with E-state index in [-0.39, 0.29) is 11.7 Å². The van der Waals surface area contributed by atoms with Gasteiger partial charge in [-0.25, -0.2) is 0 Å². The molecule has 0 aliphatic carbocycles. The van der Waals surface area contributed by atoms with Crippen LogP contribution >= 0.6 is 34.7 Å². The Balaban J connectivity index is 1.71. The van der Waals surface area contributed by atoms with Crippen LogP contribution < -0.4 is 10.1 Å². The molecule has 0 unspecified atom stereocenters. The standard InChI is InChI=1S/C18H19ClN6O2S2/c1-4-7-25-16(12(3)27-14-8-11(2)5-6-13(14)19)22-24-18(25)28-9-15(26)21-17-23-20-10-29-17/h4-6,8,10,12H,1,7,9H2,2-3H3,(H,21,23,26)/t12-/m1/s1. The molecule has 1 aromatic carbocycles. The van der Waals surface area contributed by atoms with Crippen molar-refractivity contribution in [2.45, 2.75) is 31.7 Å². The zero-order valence-corrected chi connectivity index (χ0v) is 18.2. The highest BCUT2D eigenvalue weighted by Gasteiger charge is 2.20. The van der Waals surface area contributed by atoms with Crippen molar-refractivity contribution in [3.8, 4) is 5.75 Å². The van der Waals surface area contributed by atoms with E-state index in [2.05, 4.69) is 32.3 Å². The van der Waals surface area contributed by atoms with Gasteiger partial charge in [-0.1, -0.05) is 46.8 Å². The molecule has 0 bridgehead atoms. The summed E-state index contributed by atoms with van der Waals surface area (Å²) in [7, 11) is 0. The summed E-state index contributed by atoms with van der Waals surface area (Å²) in [5, 5.41) is 20.2. The quantitative estimate of drug-likeness (QED) is 0.386. The molecule has 0 fully saturated rings. The van der Waals surface area contributed by atoms with Crippen molar-refractivity contribution in [2.75, 3.05) is 11.1 Å². The first-order chi connectivity index (χ1) is 14.0. The smallest absolute Gasteiger partial charge is 0.236 e. The van der Waals surface area contributed by atoms with E-state index in [4.69, 9.17) is 16.3 Å². The summed E-state index contributed by atoms with van der Waals surface area (Å²) in [5.41, 5.74) is 2.60. The highest BCUT2D eigenvalue weighted by molar-refractivity contribution is 7.99. The van der Waals surface area contributed by atoms with Gasteiger partial charge in [-0.3, -0.25) is 14.7 Å². The van der Waals surface area contributed by atoms with Gasteiger partial charge in [0.15, 0.2) is 17.1 Å². The minimum atomic E-state index is -0.397. The van der Waals surface area contributed by atoms with Gasteiger partial charge >= 0.3 is 0 Å². The Hall–Kier alpha value is -2.43. The average molecular weight is 451 g/mol. The van der Waals surface area contributed by atoms with Crippen LogP contribution in [0.1, 0.15) is 24.4 Å².